The molecule has 2 N–H and O–H groups in total. The molecule has 1 aromatic rings. The van der Waals surface area contributed by atoms with Crippen LogP contribution in [0.2, 0.25) is 0 Å². The van der Waals surface area contributed by atoms with Gasteiger partial charge in [0, 0.05) is 0 Å². The molecule has 2 aliphatic heterocycles. The number of ether oxygens (including phenoxy) is 1. The van der Waals surface area contributed by atoms with Crippen LogP contribution in [0.25, 0.3) is 0 Å². The van der Waals surface area contributed by atoms with Crippen LogP contribution < -0.4 is 5.73 Å². The van der Waals surface area contributed by atoms with E-state index >= 15 is 0 Å². The highest BCUT2D eigenvalue weighted by Crippen LogP contribution is 2.43. The van der Waals surface area contributed by atoms with E-state index in [9.17, 15) is 0 Å². The Morgan fingerprint density at radius 1 is 1.50 bits per heavy atom. The summed E-state index contributed by atoms with van der Waals surface area (Å²) in [4.78, 5) is 4.40. The summed E-state index contributed by atoms with van der Waals surface area (Å²) >= 11 is 0. The number of hydrogen-bond acceptors (Lipinski definition) is 5. The third-order valence-corrected chi connectivity index (χ3v) is 3.65. The zero-order valence-electron chi connectivity index (χ0n) is 9.43. The number of nitrogens with two attached hydrogens (primary N) is 1. The fourth-order valence-electron chi connectivity index (χ4n) is 2.63. The minimum absolute atomic E-state index is 0.138. The van der Waals surface area contributed by atoms with Crippen LogP contribution in [0.3, 0.4) is 0 Å². The highest BCUT2D eigenvalue weighted by atomic mass is 16.5. The maximum Gasteiger partial charge on any atom is 0.243 e. The second kappa shape index (κ2) is 3.82. The van der Waals surface area contributed by atoms with Crippen molar-refractivity contribution in [1.82, 2.24) is 10.1 Å². The van der Waals surface area contributed by atoms with Gasteiger partial charge in [0.05, 0.1) is 24.2 Å². The van der Waals surface area contributed by atoms with Gasteiger partial charge in [-0.05, 0) is 25.7 Å². The first kappa shape index (κ1) is 10.2. The first-order valence-electron chi connectivity index (χ1n) is 6.02. The smallest absolute Gasteiger partial charge is 0.243 e. The standard InChI is InChI=1S/C11H17N3O2/c1-2-8(12)11-13-10(14-16-11)7-5-6-3-4-9(7)15-6/h6-9H,2-5,12H2,1H3/t6?,7?,8-,9?/m1/s1. The van der Waals surface area contributed by atoms with Gasteiger partial charge in [-0.25, -0.2) is 0 Å². The van der Waals surface area contributed by atoms with Crippen LogP contribution in [0.4, 0.5) is 0 Å². The van der Waals surface area contributed by atoms with Crippen molar-refractivity contribution in [3.8, 4) is 0 Å². The summed E-state index contributed by atoms with van der Waals surface area (Å²) < 4.78 is 11.0. The van der Waals surface area contributed by atoms with Crippen molar-refractivity contribution in [3.63, 3.8) is 0 Å². The van der Waals surface area contributed by atoms with Crippen LogP contribution in [0.5, 0.6) is 0 Å². The lowest BCUT2D eigenvalue weighted by atomic mass is 9.89. The molecule has 2 aliphatic rings. The molecular weight excluding hydrogens is 206 g/mol. The van der Waals surface area contributed by atoms with Crippen LogP contribution in [0, 0.1) is 0 Å². The Kier molecular flexibility index (Phi) is 2.44. The molecule has 5 nitrogen and oxygen atoms in total. The molecule has 0 saturated carbocycles. The summed E-state index contributed by atoms with van der Waals surface area (Å²) in [7, 11) is 0. The van der Waals surface area contributed by atoms with Gasteiger partial charge in [-0.2, -0.15) is 4.98 Å². The third-order valence-electron chi connectivity index (χ3n) is 3.65. The maximum atomic E-state index is 5.85. The first-order chi connectivity index (χ1) is 7.78. The van der Waals surface area contributed by atoms with Crippen molar-refractivity contribution < 1.29 is 9.26 Å². The molecule has 88 valence electrons. The molecule has 16 heavy (non-hydrogen) atoms. The van der Waals surface area contributed by atoms with E-state index in [1.54, 1.807) is 0 Å². The topological polar surface area (TPSA) is 74.2 Å². The minimum atomic E-state index is -0.138. The number of nitrogens with zero attached hydrogens (tertiary/aromatic N) is 2. The summed E-state index contributed by atoms with van der Waals surface area (Å²) in [6.45, 7) is 2.01. The Bertz CT molecular complexity index is 379. The lowest BCUT2D eigenvalue weighted by Crippen LogP contribution is -2.16. The summed E-state index contributed by atoms with van der Waals surface area (Å²) in [5, 5.41) is 4.04. The van der Waals surface area contributed by atoms with Crippen LogP contribution in [0.15, 0.2) is 4.52 Å². The fraction of sp³-hybridized carbons (Fsp3) is 0.818. The lowest BCUT2D eigenvalue weighted by Gasteiger charge is -2.13. The molecule has 5 heteroatoms. The maximum absolute atomic E-state index is 5.85. The fourth-order valence-corrected chi connectivity index (χ4v) is 2.63. The van der Waals surface area contributed by atoms with E-state index in [0.717, 1.165) is 25.1 Å². The van der Waals surface area contributed by atoms with Crippen molar-refractivity contribution in [2.75, 3.05) is 0 Å². The van der Waals surface area contributed by atoms with Gasteiger partial charge in [-0.1, -0.05) is 12.1 Å². The predicted octanol–water partition coefficient (Wildman–Crippen LogP) is 1.51. The third kappa shape index (κ3) is 1.55. The van der Waals surface area contributed by atoms with Crippen LogP contribution in [-0.4, -0.2) is 22.3 Å². The van der Waals surface area contributed by atoms with Crippen molar-refractivity contribution in [2.24, 2.45) is 5.73 Å². The summed E-state index contributed by atoms with van der Waals surface area (Å²) in [6.07, 6.45) is 4.87. The van der Waals surface area contributed by atoms with Crippen LogP contribution in [0.1, 0.15) is 56.3 Å². The van der Waals surface area contributed by atoms with Gasteiger partial charge in [-0.15, -0.1) is 0 Å². The molecule has 2 saturated heterocycles. The average Bonchev–Trinajstić information content (AvgIpc) is 3.02. The van der Waals surface area contributed by atoms with Gasteiger partial charge in [0.15, 0.2) is 5.82 Å². The Balaban J connectivity index is 1.77. The van der Waals surface area contributed by atoms with Crippen LogP contribution >= 0.6 is 0 Å². The van der Waals surface area contributed by atoms with E-state index in [-0.39, 0.29) is 6.04 Å². The summed E-state index contributed by atoms with van der Waals surface area (Å²) in [5.41, 5.74) is 5.85. The molecule has 3 rings (SSSR count). The lowest BCUT2D eigenvalue weighted by molar-refractivity contribution is 0.0996. The van der Waals surface area contributed by atoms with Crippen LogP contribution in [-0.2, 0) is 4.74 Å². The zero-order chi connectivity index (χ0) is 11.1. The van der Waals surface area contributed by atoms with Gasteiger partial charge in [0.1, 0.15) is 0 Å². The SMILES string of the molecule is CC[C@@H](N)c1nc(C2CC3CCC2O3)no1. The quantitative estimate of drug-likeness (QED) is 0.840. The Hall–Kier alpha value is -0.940. The highest BCUT2D eigenvalue weighted by Gasteiger charge is 2.43. The van der Waals surface area contributed by atoms with Gasteiger partial charge >= 0.3 is 0 Å². The molecule has 0 spiro atoms. The molecule has 2 fully saturated rings. The number of rotatable bonds is 3. The number of hydrogen-bond donors (Lipinski definition) is 1. The molecular formula is C11H17N3O2. The van der Waals surface area contributed by atoms with Gasteiger partial charge < -0.3 is 15.0 Å². The van der Waals surface area contributed by atoms with Gasteiger partial charge in [0.25, 0.3) is 0 Å². The molecule has 0 amide bonds. The van der Waals surface area contributed by atoms with E-state index in [1.165, 1.54) is 6.42 Å². The van der Waals surface area contributed by atoms with E-state index in [1.807, 2.05) is 6.92 Å². The Labute approximate surface area is 94.3 Å². The molecule has 0 radical (unpaired) electrons. The molecule has 1 aromatic heterocycles. The van der Waals surface area contributed by atoms with E-state index < -0.39 is 0 Å². The Morgan fingerprint density at radius 2 is 2.38 bits per heavy atom. The highest BCUT2D eigenvalue weighted by molar-refractivity contribution is 5.07. The number of fused-ring (bicyclic) bond motifs is 2. The van der Waals surface area contributed by atoms with Crippen molar-refractivity contribution in [3.05, 3.63) is 11.7 Å². The van der Waals surface area contributed by atoms with Gasteiger partial charge in [0.2, 0.25) is 5.89 Å². The zero-order valence-corrected chi connectivity index (χ0v) is 9.43. The van der Waals surface area contributed by atoms with E-state index in [4.69, 9.17) is 15.0 Å². The normalized spacial score (nSPS) is 34.5. The average molecular weight is 223 g/mol. The summed E-state index contributed by atoms with van der Waals surface area (Å²) in [6, 6.07) is -0.138. The predicted molar refractivity (Wildman–Crippen MR) is 56.8 cm³/mol. The molecule has 0 aromatic carbocycles. The van der Waals surface area contributed by atoms with Crippen molar-refractivity contribution in [1.29, 1.82) is 0 Å². The second-order valence-corrected chi connectivity index (χ2v) is 4.72. The van der Waals surface area contributed by atoms with E-state index in [2.05, 4.69) is 10.1 Å². The van der Waals surface area contributed by atoms with E-state index in [0.29, 0.717) is 24.0 Å². The monoisotopic (exact) mass is 223 g/mol. The Morgan fingerprint density at radius 3 is 3.00 bits per heavy atom. The van der Waals surface area contributed by atoms with Gasteiger partial charge in [-0.3, -0.25) is 0 Å². The first-order valence-corrected chi connectivity index (χ1v) is 6.02. The molecule has 4 atom stereocenters. The molecule has 3 unspecified atom stereocenters. The second-order valence-electron chi connectivity index (χ2n) is 4.72. The van der Waals surface area contributed by atoms with Crippen molar-refractivity contribution in [2.45, 2.75) is 56.8 Å². The molecule has 3 heterocycles. The minimum Gasteiger partial charge on any atom is -0.374 e. The largest absolute Gasteiger partial charge is 0.374 e. The molecule has 2 bridgehead atoms. The number of aromatic nitrogens is 2. The molecule has 0 aliphatic carbocycles. The summed E-state index contributed by atoms with van der Waals surface area (Å²) in [5.74, 6) is 1.66. The van der Waals surface area contributed by atoms with Crippen molar-refractivity contribution >= 4 is 0 Å².